The molecule has 0 aromatic heterocycles. The Hall–Kier alpha value is -1.56. The Morgan fingerprint density at radius 1 is 1.35 bits per heavy atom. The molecule has 0 unspecified atom stereocenters. The van der Waals surface area contributed by atoms with Crippen molar-refractivity contribution in [3.05, 3.63) is 35.6 Å². The van der Waals surface area contributed by atoms with Crippen LogP contribution in [0.25, 0.3) is 0 Å². The van der Waals surface area contributed by atoms with Gasteiger partial charge in [0.1, 0.15) is 5.82 Å². The van der Waals surface area contributed by atoms with Crippen LogP contribution in [0.5, 0.6) is 0 Å². The zero-order valence-electron chi connectivity index (χ0n) is 13.5. The molecule has 1 fully saturated rings. The highest BCUT2D eigenvalue weighted by Gasteiger charge is 2.30. The van der Waals surface area contributed by atoms with Gasteiger partial charge >= 0.3 is 0 Å². The molecule has 6 heteroatoms. The van der Waals surface area contributed by atoms with E-state index in [1.807, 2.05) is 13.8 Å². The Labute approximate surface area is 140 Å². The van der Waals surface area contributed by atoms with Crippen LogP contribution in [0.1, 0.15) is 37.5 Å². The van der Waals surface area contributed by atoms with E-state index in [0.717, 1.165) is 12.8 Å². The molecule has 1 aromatic rings. The molecule has 1 saturated heterocycles. The summed E-state index contributed by atoms with van der Waals surface area (Å²) in [5.74, 6) is -0.862. The van der Waals surface area contributed by atoms with Gasteiger partial charge in [-0.3, -0.25) is 9.59 Å². The first-order valence-electron chi connectivity index (χ1n) is 7.88. The second-order valence-electron chi connectivity index (χ2n) is 5.97. The first-order valence-corrected chi connectivity index (χ1v) is 8.82. The smallest absolute Gasteiger partial charge is 0.235 e. The lowest BCUT2D eigenvalue weighted by Gasteiger charge is -2.33. The Morgan fingerprint density at radius 3 is 2.70 bits per heavy atom. The highest BCUT2D eigenvalue weighted by molar-refractivity contribution is 8.00. The molecule has 2 N–H and O–H groups in total. The summed E-state index contributed by atoms with van der Waals surface area (Å²) in [6.45, 7) is 4.78. The fourth-order valence-corrected chi connectivity index (χ4v) is 4.12. The minimum Gasteiger partial charge on any atom is -0.369 e. The maximum absolute atomic E-state index is 13.8. The van der Waals surface area contributed by atoms with Gasteiger partial charge in [0.15, 0.2) is 0 Å². The van der Waals surface area contributed by atoms with Gasteiger partial charge < -0.3 is 10.6 Å². The molecule has 4 nitrogen and oxygen atoms in total. The molecule has 0 bridgehead atoms. The van der Waals surface area contributed by atoms with Gasteiger partial charge in [0.25, 0.3) is 0 Å². The fourth-order valence-electron chi connectivity index (χ4n) is 2.91. The van der Waals surface area contributed by atoms with E-state index in [0.29, 0.717) is 18.7 Å². The summed E-state index contributed by atoms with van der Waals surface area (Å²) in [6, 6.07) is 6.63. The fraction of sp³-hybridized carbons (Fsp3) is 0.529. The van der Waals surface area contributed by atoms with Crippen LogP contribution in [0.15, 0.2) is 24.3 Å². The average Bonchev–Trinajstić information content (AvgIpc) is 2.54. The zero-order chi connectivity index (χ0) is 17.0. The number of halogens is 1. The van der Waals surface area contributed by atoms with Gasteiger partial charge in [-0.1, -0.05) is 18.2 Å². The first kappa shape index (κ1) is 17.8. The highest BCUT2D eigenvalue weighted by atomic mass is 32.2. The number of primary amides is 1. The van der Waals surface area contributed by atoms with Gasteiger partial charge in [-0.2, -0.15) is 0 Å². The van der Waals surface area contributed by atoms with E-state index in [-0.39, 0.29) is 34.0 Å². The predicted molar refractivity (Wildman–Crippen MR) is 90.4 cm³/mol. The highest BCUT2D eigenvalue weighted by Crippen LogP contribution is 2.34. The van der Waals surface area contributed by atoms with E-state index in [9.17, 15) is 14.0 Å². The van der Waals surface area contributed by atoms with Crippen molar-refractivity contribution in [1.82, 2.24) is 4.90 Å². The summed E-state index contributed by atoms with van der Waals surface area (Å²) in [4.78, 5) is 25.6. The second kappa shape index (κ2) is 7.81. The molecular formula is C17H23FN2O2S. The molecule has 126 valence electrons. The maximum atomic E-state index is 13.8. The third kappa shape index (κ3) is 4.47. The van der Waals surface area contributed by atoms with Gasteiger partial charge in [-0.25, -0.2) is 4.39 Å². The molecule has 1 aromatic carbocycles. The van der Waals surface area contributed by atoms with Gasteiger partial charge in [0.05, 0.1) is 11.2 Å². The molecule has 2 amide bonds. The summed E-state index contributed by atoms with van der Waals surface area (Å²) >= 11 is 1.43. The Balaban J connectivity index is 1.97. The summed E-state index contributed by atoms with van der Waals surface area (Å²) in [5, 5.41) is -0.414. The van der Waals surface area contributed by atoms with Crippen molar-refractivity contribution in [1.29, 1.82) is 0 Å². The third-order valence-electron chi connectivity index (χ3n) is 4.23. The summed E-state index contributed by atoms with van der Waals surface area (Å²) in [6.07, 6.45) is 1.53. The summed E-state index contributed by atoms with van der Waals surface area (Å²) in [7, 11) is 0. The second-order valence-corrected chi connectivity index (χ2v) is 7.65. The number of hydrogen-bond donors (Lipinski definition) is 1. The van der Waals surface area contributed by atoms with Crippen LogP contribution in [-0.2, 0) is 9.59 Å². The van der Waals surface area contributed by atoms with Gasteiger partial charge in [-0.15, -0.1) is 11.8 Å². The van der Waals surface area contributed by atoms with E-state index in [1.165, 1.54) is 17.8 Å². The van der Waals surface area contributed by atoms with Gasteiger partial charge in [0, 0.05) is 23.9 Å². The lowest BCUT2D eigenvalue weighted by Crippen LogP contribution is -2.46. The van der Waals surface area contributed by atoms with Crippen molar-refractivity contribution < 1.29 is 14.0 Å². The number of nitrogens with zero attached hydrogens (tertiary/aromatic N) is 1. The molecular weight excluding hydrogens is 315 g/mol. The van der Waals surface area contributed by atoms with E-state index in [4.69, 9.17) is 5.73 Å². The quantitative estimate of drug-likeness (QED) is 0.898. The number of thioether (sulfide) groups is 1. The Morgan fingerprint density at radius 2 is 2.04 bits per heavy atom. The molecule has 0 aliphatic carbocycles. The standard InChI is InChI=1S/C17H23FN2O2S/c1-11(14-7-3-4-8-15(14)18)23-12(2)17(22)20-9-5-6-13(10-20)16(19)21/h3-4,7-8,11-13H,5-6,9-10H2,1-2H3,(H2,19,21)/t11-,12-,13-/m0/s1. The number of benzene rings is 1. The van der Waals surface area contributed by atoms with Gasteiger partial charge in [0.2, 0.25) is 11.8 Å². The molecule has 0 spiro atoms. The third-order valence-corrected chi connectivity index (χ3v) is 5.51. The number of hydrogen-bond acceptors (Lipinski definition) is 3. The zero-order valence-corrected chi connectivity index (χ0v) is 14.3. The number of carbonyl (C=O) groups excluding carboxylic acids is 2. The minimum atomic E-state index is -0.345. The summed E-state index contributed by atoms with van der Waals surface area (Å²) < 4.78 is 13.8. The predicted octanol–water partition coefficient (Wildman–Crippen LogP) is 2.73. The van der Waals surface area contributed by atoms with E-state index < -0.39 is 0 Å². The lowest BCUT2D eigenvalue weighted by atomic mass is 9.97. The Bertz CT molecular complexity index is 581. The number of nitrogens with two attached hydrogens (primary N) is 1. The molecule has 0 saturated carbocycles. The number of carbonyl (C=O) groups is 2. The summed E-state index contributed by atoms with van der Waals surface area (Å²) in [5.41, 5.74) is 5.96. The van der Waals surface area contributed by atoms with Crippen molar-refractivity contribution in [3.8, 4) is 0 Å². The lowest BCUT2D eigenvalue weighted by molar-refractivity contribution is -0.134. The normalized spacial score (nSPS) is 20.8. The van der Waals surface area contributed by atoms with Crippen LogP contribution in [0.2, 0.25) is 0 Å². The van der Waals surface area contributed by atoms with Crippen molar-refractivity contribution in [3.63, 3.8) is 0 Å². The molecule has 0 radical (unpaired) electrons. The average molecular weight is 338 g/mol. The van der Waals surface area contributed by atoms with Crippen LogP contribution >= 0.6 is 11.8 Å². The first-order chi connectivity index (χ1) is 10.9. The van der Waals surface area contributed by atoms with Crippen molar-refractivity contribution >= 4 is 23.6 Å². The van der Waals surface area contributed by atoms with Crippen molar-refractivity contribution in [2.75, 3.05) is 13.1 Å². The molecule has 1 aliphatic rings. The monoisotopic (exact) mass is 338 g/mol. The molecule has 3 atom stereocenters. The van der Waals surface area contributed by atoms with Crippen LogP contribution < -0.4 is 5.73 Å². The molecule has 23 heavy (non-hydrogen) atoms. The number of amides is 2. The number of piperidine rings is 1. The molecule has 1 aliphatic heterocycles. The molecule has 2 rings (SSSR count). The van der Waals surface area contributed by atoms with Crippen molar-refractivity contribution in [2.45, 2.75) is 37.2 Å². The van der Waals surface area contributed by atoms with Crippen LogP contribution in [0.4, 0.5) is 4.39 Å². The number of likely N-dealkylation sites (tertiary alicyclic amines) is 1. The largest absolute Gasteiger partial charge is 0.369 e. The van der Waals surface area contributed by atoms with E-state index >= 15 is 0 Å². The van der Waals surface area contributed by atoms with E-state index in [2.05, 4.69) is 0 Å². The van der Waals surface area contributed by atoms with Crippen LogP contribution in [-0.4, -0.2) is 35.1 Å². The molecule has 1 heterocycles. The maximum Gasteiger partial charge on any atom is 0.235 e. The Kier molecular flexibility index (Phi) is 6.04. The van der Waals surface area contributed by atoms with Crippen LogP contribution in [0.3, 0.4) is 0 Å². The number of rotatable bonds is 5. The SMILES string of the molecule is C[C@H](S[C@@H](C)c1ccccc1F)C(=O)N1CCC[C@H](C(N)=O)C1. The minimum absolute atomic E-state index is 0.0101. The van der Waals surface area contributed by atoms with Gasteiger partial charge in [-0.05, 0) is 32.8 Å². The van der Waals surface area contributed by atoms with Crippen molar-refractivity contribution in [2.24, 2.45) is 11.7 Å². The van der Waals surface area contributed by atoms with Crippen LogP contribution in [0, 0.1) is 11.7 Å². The topological polar surface area (TPSA) is 63.4 Å². The van der Waals surface area contributed by atoms with E-state index in [1.54, 1.807) is 23.1 Å².